The van der Waals surface area contributed by atoms with Crippen LogP contribution < -0.4 is 0 Å². The summed E-state index contributed by atoms with van der Waals surface area (Å²) >= 11 is 3.59. The third kappa shape index (κ3) is 1.35. The smallest absolute Gasteiger partial charge is 0.173 e. The van der Waals surface area contributed by atoms with Gasteiger partial charge in [0.1, 0.15) is 5.60 Å². The number of thioether (sulfide) groups is 2. The highest BCUT2D eigenvalue weighted by atomic mass is 32.2. The summed E-state index contributed by atoms with van der Waals surface area (Å²) in [5, 5.41) is 11.2. The zero-order valence-electron chi connectivity index (χ0n) is 11.4. The van der Waals surface area contributed by atoms with Crippen LogP contribution in [0.5, 0.6) is 0 Å². The molecule has 4 heteroatoms. The molecule has 1 aliphatic heterocycles. The fraction of sp³-hybridized carbons (Fsp3) is 0.929. The van der Waals surface area contributed by atoms with Crippen LogP contribution in [0.15, 0.2) is 0 Å². The minimum atomic E-state index is -1.08. The summed E-state index contributed by atoms with van der Waals surface area (Å²) in [5.41, 5.74) is -1.45. The predicted octanol–water partition coefficient (Wildman–Crippen LogP) is 2.94. The van der Waals surface area contributed by atoms with Crippen molar-refractivity contribution in [2.45, 2.75) is 50.2 Å². The molecule has 3 fully saturated rings. The van der Waals surface area contributed by atoms with Crippen LogP contribution in [0.25, 0.3) is 0 Å². The lowest BCUT2D eigenvalue weighted by atomic mass is 9.70. The zero-order valence-corrected chi connectivity index (χ0v) is 13.0. The molecule has 0 aromatic heterocycles. The molecule has 1 saturated heterocycles. The number of ketones is 1. The SMILES string of the molecule is CC1(C)[C@H]2CC[C@]1(C)C(=O)[C@]2(O)C1SCCCS1. The van der Waals surface area contributed by atoms with Gasteiger partial charge in [-0.15, -0.1) is 23.5 Å². The number of hydrogen-bond donors (Lipinski definition) is 1. The molecule has 3 aliphatic rings. The molecule has 2 aliphatic carbocycles. The van der Waals surface area contributed by atoms with Gasteiger partial charge in [-0.1, -0.05) is 20.8 Å². The van der Waals surface area contributed by atoms with Gasteiger partial charge in [0.15, 0.2) is 5.78 Å². The Morgan fingerprint density at radius 1 is 1.22 bits per heavy atom. The molecule has 2 bridgehead atoms. The molecule has 0 unspecified atom stereocenters. The first-order valence-corrected chi connectivity index (χ1v) is 8.95. The Bertz CT molecular complexity index is 389. The number of carbonyl (C=O) groups excluding carboxylic acids is 1. The Kier molecular flexibility index (Phi) is 2.90. The van der Waals surface area contributed by atoms with Gasteiger partial charge in [-0.05, 0) is 36.2 Å². The summed E-state index contributed by atoms with van der Waals surface area (Å²) in [6.07, 6.45) is 3.15. The van der Waals surface area contributed by atoms with Gasteiger partial charge in [0.2, 0.25) is 0 Å². The fourth-order valence-corrected chi connectivity index (χ4v) is 7.54. The molecule has 0 radical (unpaired) electrons. The molecule has 3 atom stereocenters. The van der Waals surface area contributed by atoms with Crippen LogP contribution in [0.4, 0.5) is 0 Å². The fourth-order valence-electron chi connectivity index (χ4n) is 4.29. The predicted molar refractivity (Wildman–Crippen MR) is 77.9 cm³/mol. The first-order chi connectivity index (χ1) is 8.35. The summed E-state index contributed by atoms with van der Waals surface area (Å²) in [4.78, 5) is 12.8. The highest BCUT2D eigenvalue weighted by Gasteiger charge is 2.74. The maximum atomic E-state index is 12.8. The van der Waals surface area contributed by atoms with Gasteiger partial charge in [-0.3, -0.25) is 4.79 Å². The normalized spacial score (nSPS) is 47.8. The van der Waals surface area contributed by atoms with E-state index in [4.69, 9.17) is 0 Å². The van der Waals surface area contributed by atoms with Crippen molar-refractivity contribution >= 4 is 29.3 Å². The van der Waals surface area contributed by atoms with Crippen LogP contribution in [0.1, 0.15) is 40.0 Å². The molecule has 0 aromatic rings. The summed E-state index contributed by atoms with van der Waals surface area (Å²) in [5.74, 6) is 2.43. The van der Waals surface area contributed by atoms with Gasteiger partial charge in [-0.2, -0.15) is 0 Å². The Hall–Kier alpha value is 0.330. The molecule has 1 heterocycles. The number of hydrogen-bond acceptors (Lipinski definition) is 4. The van der Waals surface area contributed by atoms with Gasteiger partial charge >= 0.3 is 0 Å². The number of fused-ring (bicyclic) bond motifs is 2. The number of carbonyl (C=O) groups is 1. The molecule has 2 saturated carbocycles. The van der Waals surface area contributed by atoms with Crippen LogP contribution in [0.3, 0.4) is 0 Å². The van der Waals surface area contributed by atoms with Crippen molar-refractivity contribution in [3.05, 3.63) is 0 Å². The van der Waals surface area contributed by atoms with E-state index in [1.165, 1.54) is 6.42 Å². The Morgan fingerprint density at radius 3 is 2.33 bits per heavy atom. The van der Waals surface area contributed by atoms with Crippen molar-refractivity contribution in [1.29, 1.82) is 0 Å². The van der Waals surface area contributed by atoms with Crippen LogP contribution in [-0.2, 0) is 4.79 Å². The van der Waals surface area contributed by atoms with E-state index in [2.05, 4.69) is 20.8 Å². The minimum Gasteiger partial charge on any atom is -0.380 e. The standard InChI is InChI=1S/C14H22O2S2/c1-12(2)9-5-6-13(12,3)10(15)14(9,16)11-17-7-4-8-18-11/h9,11,16H,4-8H2,1-3H3/t9-,13-,14+/m1/s1. The molecular formula is C14H22O2S2. The second-order valence-electron chi connectivity index (χ2n) is 6.73. The van der Waals surface area contributed by atoms with Gasteiger partial charge in [-0.25, -0.2) is 0 Å². The molecule has 1 N–H and O–H groups in total. The molecule has 18 heavy (non-hydrogen) atoms. The monoisotopic (exact) mass is 286 g/mol. The van der Waals surface area contributed by atoms with E-state index < -0.39 is 5.60 Å². The van der Waals surface area contributed by atoms with Crippen molar-refractivity contribution in [3.8, 4) is 0 Å². The summed E-state index contributed by atoms with van der Waals surface area (Å²) in [6.45, 7) is 6.43. The lowest BCUT2D eigenvalue weighted by Gasteiger charge is -2.40. The largest absolute Gasteiger partial charge is 0.380 e. The van der Waals surface area contributed by atoms with E-state index in [1.54, 1.807) is 23.5 Å². The van der Waals surface area contributed by atoms with E-state index >= 15 is 0 Å². The second-order valence-corrected chi connectivity index (χ2v) is 9.45. The van der Waals surface area contributed by atoms with Crippen LogP contribution in [0, 0.1) is 16.7 Å². The van der Waals surface area contributed by atoms with Crippen molar-refractivity contribution < 1.29 is 9.90 Å². The van der Waals surface area contributed by atoms with Gasteiger partial charge in [0, 0.05) is 11.3 Å². The molecule has 0 aromatic carbocycles. The zero-order chi connectivity index (χ0) is 13.2. The number of rotatable bonds is 1. The van der Waals surface area contributed by atoms with Crippen molar-refractivity contribution in [3.63, 3.8) is 0 Å². The number of aliphatic hydroxyl groups is 1. The minimum absolute atomic E-state index is 0.0581. The van der Waals surface area contributed by atoms with Crippen LogP contribution in [-0.4, -0.2) is 32.6 Å². The van der Waals surface area contributed by atoms with Gasteiger partial charge in [0.05, 0.1) is 4.58 Å². The van der Waals surface area contributed by atoms with E-state index in [9.17, 15) is 9.90 Å². The lowest BCUT2D eigenvalue weighted by Crippen LogP contribution is -2.53. The third-order valence-corrected chi connectivity index (χ3v) is 9.00. The highest BCUT2D eigenvalue weighted by Crippen LogP contribution is 2.69. The molecule has 3 rings (SSSR count). The molecular weight excluding hydrogens is 264 g/mol. The van der Waals surface area contributed by atoms with E-state index in [0.29, 0.717) is 0 Å². The van der Waals surface area contributed by atoms with E-state index in [1.807, 2.05) is 0 Å². The Balaban J connectivity index is 2.01. The first kappa shape index (κ1) is 13.3. The average molecular weight is 286 g/mol. The van der Waals surface area contributed by atoms with Gasteiger partial charge in [0.25, 0.3) is 0 Å². The van der Waals surface area contributed by atoms with Crippen LogP contribution in [0.2, 0.25) is 0 Å². The summed E-state index contributed by atoms with van der Waals surface area (Å²) in [7, 11) is 0. The van der Waals surface area contributed by atoms with Crippen molar-refractivity contribution in [2.24, 2.45) is 16.7 Å². The maximum absolute atomic E-state index is 12.8. The molecule has 102 valence electrons. The van der Waals surface area contributed by atoms with Crippen molar-refractivity contribution in [1.82, 2.24) is 0 Å². The summed E-state index contributed by atoms with van der Waals surface area (Å²) < 4.78 is 0.0603. The van der Waals surface area contributed by atoms with Gasteiger partial charge < -0.3 is 5.11 Å². The van der Waals surface area contributed by atoms with Crippen LogP contribution >= 0.6 is 23.5 Å². The van der Waals surface area contributed by atoms with E-state index in [-0.39, 0.29) is 27.1 Å². The highest BCUT2D eigenvalue weighted by molar-refractivity contribution is 8.17. The average Bonchev–Trinajstić information content (AvgIpc) is 2.65. The third-order valence-electron chi connectivity index (χ3n) is 5.81. The topological polar surface area (TPSA) is 37.3 Å². The molecule has 2 nitrogen and oxygen atoms in total. The number of Topliss-reactive ketones (excluding diaryl/α,β-unsaturated/α-hetero) is 1. The first-order valence-electron chi connectivity index (χ1n) is 6.85. The summed E-state index contributed by atoms with van der Waals surface area (Å²) in [6, 6.07) is 0. The maximum Gasteiger partial charge on any atom is 0.173 e. The molecule has 0 spiro atoms. The lowest BCUT2D eigenvalue weighted by molar-refractivity contribution is -0.144. The molecule has 0 amide bonds. The van der Waals surface area contributed by atoms with E-state index in [0.717, 1.165) is 24.3 Å². The quantitative estimate of drug-likeness (QED) is 0.804. The Labute approximate surface area is 118 Å². The second kappa shape index (κ2) is 3.92. The Morgan fingerprint density at radius 2 is 1.83 bits per heavy atom. The van der Waals surface area contributed by atoms with Crippen molar-refractivity contribution in [2.75, 3.05) is 11.5 Å².